The number of rotatable bonds is 5. The zero-order chi connectivity index (χ0) is 12.2. The fraction of sp³-hybridized carbons (Fsp3) is 0.636. The Labute approximate surface area is 97.7 Å². The molecule has 0 radical (unpaired) electrons. The van der Waals surface area contributed by atoms with E-state index >= 15 is 0 Å². The smallest absolute Gasteiger partial charge is 0.310 e. The van der Waals surface area contributed by atoms with Crippen LogP contribution in [0.5, 0.6) is 0 Å². The van der Waals surface area contributed by atoms with Crippen LogP contribution < -0.4 is 5.32 Å². The lowest BCUT2D eigenvalue weighted by Crippen LogP contribution is -2.22. The van der Waals surface area contributed by atoms with Crippen molar-refractivity contribution in [1.29, 1.82) is 0 Å². The molecule has 1 aromatic heterocycles. The first-order valence-electron chi connectivity index (χ1n) is 5.29. The van der Waals surface area contributed by atoms with Crippen molar-refractivity contribution in [3.8, 4) is 0 Å². The van der Waals surface area contributed by atoms with Crippen LogP contribution in [0.15, 0.2) is 12.1 Å². The summed E-state index contributed by atoms with van der Waals surface area (Å²) in [6.45, 7) is 4.54. The third-order valence-electron chi connectivity index (χ3n) is 2.27. The summed E-state index contributed by atoms with van der Waals surface area (Å²) in [5, 5.41) is 3.10. The lowest BCUT2D eigenvalue weighted by Gasteiger charge is -2.17. The number of halogens is 3. The summed E-state index contributed by atoms with van der Waals surface area (Å²) in [5.74, 6) is 0. The number of thiophene rings is 1. The molecule has 16 heavy (non-hydrogen) atoms. The predicted octanol–water partition coefficient (Wildman–Crippen LogP) is 4.05. The van der Waals surface area contributed by atoms with E-state index in [1.54, 1.807) is 11.3 Å². The predicted molar refractivity (Wildman–Crippen MR) is 60.8 cm³/mol. The minimum atomic E-state index is -4.07. The van der Waals surface area contributed by atoms with E-state index in [9.17, 15) is 13.2 Å². The number of aryl methyl sites for hydroxylation is 1. The Morgan fingerprint density at radius 3 is 2.50 bits per heavy atom. The summed E-state index contributed by atoms with van der Waals surface area (Å²) in [4.78, 5) is 2.12. The van der Waals surface area contributed by atoms with Gasteiger partial charge in [-0.1, -0.05) is 6.92 Å². The van der Waals surface area contributed by atoms with Crippen molar-refractivity contribution in [2.45, 2.75) is 38.9 Å². The fourth-order valence-electron chi connectivity index (χ4n) is 1.54. The maximum atomic E-state index is 12.2. The van der Waals surface area contributed by atoms with E-state index in [-0.39, 0.29) is 12.5 Å². The van der Waals surface area contributed by atoms with Gasteiger partial charge < -0.3 is 5.32 Å². The lowest BCUT2D eigenvalue weighted by molar-refractivity contribution is -0.136. The van der Waals surface area contributed by atoms with E-state index in [2.05, 4.69) is 5.32 Å². The van der Waals surface area contributed by atoms with Crippen molar-refractivity contribution in [2.75, 3.05) is 6.54 Å². The molecule has 92 valence electrons. The van der Waals surface area contributed by atoms with Gasteiger partial charge in [-0.2, -0.15) is 13.2 Å². The Hall–Kier alpha value is -0.550. The second-order valence-electron chi connectivity index (χ2n) is 3.71. The molecule has 1 unspecified atom stereocenters. The van der Waals surface area contributed by atoms with Crippen LogP contribution in [-0.2, 0) is 0 Å². The van der Waals surface area contributed by atoms with Crippen molar-refractivity contribution in [3.05, 3.63) is 21.9 Å². The Morgan fingerprint density at radius 2 is 2.06 bits per heavy atom. The van der Waals surface area contributed by atoms with Crippen LogP contribution in [0.2, 0.25) is 0 Å². The van der Waals surface area contributed by atoms with Crippen LogP contribution in [0.3, 0.4) is 0 Å². The number of hydrogen-bond donors (Lipinski definition) is 1. The highest BCUT2D eigenvalue weighted by atomic mass is 32.1. The van der Waals surface area contributed by atoms with Crippen LogP contribution in [0.1, 0.15) is 35.6 Å². The quantitative estimate of drug-likeness (QED) is 0.832. The van der Waals surface area contributed by atoms with Gasteiger partial charge in [-0.25, -0.2) is 0 Å². The van der Waals surface area contributed by atoms with Crippen molar-refractivity contribution < 1.29 is 13.2 Å². The van der Waals surface area contributed by atoms with Gasteiger partial charge in [0.25, 0.3) is 0 Å². The maximum Gasteiger partial charge on any atom is 0.389 e. The second kappa shape index (κ2) is 5.68. The van der Waals surface area contributed by atoms with Gasteiger partial charge in [0.2, 0.25) is 0 Å². The van der Waals surface area contributed by atoms with Gasteiger partial charge in [0.15, 0.2) is 0 Å². The minimum Gasteiger partial charge on any atom is -0.310 e. The van der Waals surface area contributed by atoms with E-state index in [4.69, 9.17) is 0 Å². The molecule has 1 N–H and O–H groups in total. The van der Waals surface area contributed by atoms with Crippen molar-refractivity contribution in [2.24, 2.45) is 0 Å². The highest BCUT2D eigenvalue weighted by molar-refractivity contribution is 7.12. The van der Waals surface area contributed by atoms with E-state index in [1.165, 1.54) is 0 Å². The highest BCUT2D eigenvalue weighted by Crippen LogP contribution is 2.30. The van der Waals surface area contributed by atoms with E-state index in [1.807, 2.05) is 26.0 Å². The minimum absolute atomic E-state index is 0.108. The molecule has 0 bridgehead atoms. The second-order valence-corrected chi connectivity index (χ2v) is 5.03. The Bertz CT molecular complexity index is 319. The van der Waals surface area contributed by atoms with E-state index in [0.717, 1.165) is 9.75 Å². The molecule has 0 fully saturated rings. The zero-order valence-electron chi connectivity index (χ0n) is 9.40. The topological polar surface area (TPSA) is 12.0 Å². The van der Waals surface area contributed by atoms with Gasteiger partial charge in [0.1, 0.15) is 0 Å². The molecule has 0 aliphatic heterocycles. The fourth-order valence-corrected chi connectivity index (χ4v) is 2.53. The average molecular weight is 251 g/mol. The summed E-state index contributed by atoms with van der Waals surface area (Å²) in [6.07, 6.45) is -4.70. The van der Waals surface area contributed by atoms with E-state index in [0.29, 0.717) is 6.54 Å². The Kier molecular flexibility index (Phi) is 4.80. The first-order valence-corrected chi connectivity index (χ1v) is 6.10. The lowest BCUT2D eigenvalue weighted by atomic mass is 10.1. The molecule has 1 aromatic rings. The number of alkyl halides is 3. The molecular weight excluding hydrogens is 235 g/mol. The van der Waals surface area contributed by atoms with Crippen molar-refractivity contribution >= 4 is 11.3 Å². The normalized spacial score (nSPS) is 14.1. The van der Waals surface area contributed by atoms with Crippen molar-refractivity contribution in [1.82, 2.24) is 5.32 Å². The monoisotopic (exact) mass is 251 g/mol. The van der Waals surface area contributed by atoms with Gasteiger partial charge in [0.05, 0.1) is 0 Å². The third-order valence-corrected chi connectivity index (χ3v) is 3.39. The molecule has 1 nitrogen and oxygen atoms in total. The zero-order valence-corrected chi connectivity index (χ0v) is 10.2. The van der Waals surface area contributed by atoms with Crippen LogP contribution >= 0.6 is 11.3 Å². The summed E-state index contributed by atoms with van der Waals surface area (Å²) in [7, 11) is 0. The Balaban J connectivity index is 2.61. The van der Waals surface area contributed by atoms with Gasteiger partial charge in [-0.05, 0) is 32.0 Å². The van der Waals surface area contributed by atoms with Gasteiger partial charge in [-0.15, -0.1) is 11.3 Å². The molecule has 1 heterocycles. The molecule has 0 aliphatic carbocycles. The van der Waals surface area contributed by atoms with Crippen LogP contribution in [0, 0.1) is 6.92 Å². The Morgan fingerprint density at radius 1 is 1.38 bits per heavy atom. The molecule has 5 heteroatoms. The third kappa shape index (κ3) is 4.53. The maximum absolute atomic E-state index is 12.2. The molecule has 1 rings (SSSR count). The SMILES string of the molecule is CCNC(CCC(F)(F)F)c1ccc(C)s1. The average Bonchev–Trinajstić information content (AvgIpc) is 2.57. The van der Waals surface area contributed by atoms with Gasteiger partial charge >= 0.3 is 6.18 Å². The van der Waals surface area contributed by atoms with Gasteiger partial charge in [0, 0.05) is 22.2 Å². The molecule has 0 saturated carbocycles. The summed E-state index contributed by atoms with van der Waals surface area (Å²) >= 11 is 1.56. The first-order chi connectivity index (χ1) is 7.42. The largest absolute Gasteiger partial charge is 0.389 e. The highest BCUT2D eigenvalue weighted by Gasteiger charge is 2.28. The summed E-state index contributed by atoms with van der Waals surface area (Å²) in [5.41, 5.74) is 0. The molecule has 0 spiro atoms. The van der Waals surface area contributed by atoms with Gasteiger partial charge in [-0.3, -0.25) is 0 Å². The molecule has 1 atom stereocenters. The molecule has 0 saturated heterocycles. The molecule has 0 amide bonds. The summed E-state index contributed by atoms with van der Waals surface area (Å²) < 4.78 is 36.5. The van der Waals surface area contributed by atoms with Crippen LogP contribution in [0.25, 0.3) is 0 Å². The van der Waals surface area contributed by atoms with Crippen molar-refractivity contribution in [3.63, 3.8) is 0 Å². The molecular formula is C11H16F3NS. The molecule has 0 aliphatic rings. The number of nitrogens with one attached hydrogen (secondary N) is 1. The standard InChI is InChI=1S/C11H16F3NS/c1-3-15-9(6-7-11(12,13)14)10-5-4-8(2)16-10/h4-5,9,15H,3,6-7H2,1-2H3. The van der Waals surface area contributed by atoms with E-state index < -0.39 is 12.6 Å². The van der Waals surface area contributed by atoms with Crippen LogP contribution in [0.4, 0.5) is 13.2 Å². The first kappa shape index (κ1) is 13.5. The number of hydrogen-bond acceptors (Lipinski definition) is 2. The van der Waals surface area contributed by atoms with Crippen LogP contribution in [-0.4, -0.2) is 12.7 Å². The summed E-state index contributed by atoms with van der Waals surface area (Å²) in [6, 6.07) is 3.67. The molecule has 0 aromatic carbocycles.